The number of hydrogen-bond donors (Lipinski definition) is 2. The molecule has 1 rings (SSSR count). The number of nitrogens with one attached hydrogen (secondary N) is 2. The van der Waals surface area contributed by atoms with E-state index in [2.05, 4.69) is 29.5 Å². The van der Waals surface area contributed by atoms with Crippen molar-refractivity contribution >= 4 is 0 Å². The minimum atomic E-state index is 0.697. The summed E-state index contributed by atoms with van der Waals surface area (Å²) < 4.78 is 0. The Kier molecular flexibility index (Phi) is 6.15. The second-order valence-electron chi connectivity index (χ2n) is 4.31. The SMILES string of the molecule is CCCCNCCC1CN(C)CCN1. The molecule has 14 heavy (non-hydrogen) atoms. The van der Waals surface area contributed by atoms with Gasteiger partial charge in [-0.05, 0) is 33.0 Å². The third-order valence-electron chi connectivity index (χ3n) is 2.84. The minimum absolute atomic E-state index is 0.697. The molecular weight excluding hydrogens is 174 g/mol. The Balaban J connectivity index is 1.95. The molecule has 0 radical (unpaired) electrons. The highest BCUT2D eigenvalue weighted by molar-refractivity contribution is 4.77. The van der Waals surface area contributed by atoms with Crippen molar-refractivity contribution in [1.82, 2.24) is 15.5 Å². The van der Waals surface area contributed by atoms with Crippen LogP contribution in [0.2, 0.25) is 0 Å². The van der Waals surface area contributed by atoms with E-state index in [1.54, 1.807) is 0 Å². The van der Waals surface area contributed by atoms with E-state index >= 15 is 0 Å². The average molecular weight is 199 g/mol. The van der Waals surface area contributed by atoms with Crippen LogP contribution in [0, 0.1) is 0 Å². The summed E-state index contributed by atoms with van der Waals surface area (Å²) in [5.41, 5.74) is 0. The van der Waals surface area contributed by atoms with Gasteiger partial charge in [0.15, 0.2) is 0 Å². The summed E-state index contributed by atoms with van der Waals surface area (Å²) in [6.07, 6.45) is 3.85. The maximum absolute atomic E-state index is 3.56. The summed E-state index contributed by atoms with van der Waals surface area (Å²) >= 11 is 0. The maximum atomic E-state index is 3.56. The van der Waals surface area contributed by atoms with Gasteiger partial charge < -0.3 is 15.5 Å². The molecule has 0 bridgehead atoms. The standard InChI is InChI=1S/C11H25N3/c1-3-4-6-12-7-5-11-10-14(2)9-8-13-11/h11-13H,3-10H2,1-2H3. The fourth-order valence-corrected chi connectivity index (χ4v) is 1.89. The number of nitrogens with zero attached hydrogens (tertiary/aromatic N) is 1. The van der Waals surface area contributed by atoms with E-state index < -0.39 is 0 Å². The van der Waals surface area contributed by atoms with Gasteiger partial charge in [-0.2, -0.15) is 0 Å². The van der Waals surface area contributed by atoms with Gasteiger partial charge in [0.25, 0.3) is 0 Å². The average Bonchev–Trinajstić information content (AvgIpc) is 2.18. The predicted molar refractivity (Wildman–Crippen MR) is 61.7 cm³/mol. The van der Waals surface area contributed by atoms with E-state index in [9.17, 15) is 0 Å². The lowest BCUT2D eigenvalue weighted by Crippen LogP contribution is -2.49. The van der Waals surface area contributed by atoms with Gasteiger partial charge in [-0.25, -0.2) is 0 Å². The van der Waals surface area contributed by atoms with Crippen LogP contribution in [-0.4, -0.2) is 50.7 Å². The first-order chi connectivity index (χ1) is 6.83. The highest BCUT2D eigenvalue weighted by Crippen LogP contribution is 1.99. The van der Waals surface area contributed by atoms with Crippen LogP contribution < -0.4 is 10.6 Å². The monoisotopic (exact) mass is 199 g/mol. The third-order valence-corrected chi connectivity index (χ3v) is 2.84. The molecule has 0 amide bonds. The number of hydrogen-bond acceptors (Lipinski definition) is 3. The second-order valence-corrected chi connectivity index (χ2v) is 4.31. The Morgan fingerprint density at radius 3 is 3.00 bits per heavy atom. The van der Waals surface area contributed by atoms with Crippen molar-refractivity contribution in [2.45, 2.75) is 32.2 Å². The molecule has 1 aliphatic rings. The van der Waals surface area contributed by atoms with E-state index in [0.29, 0.717) is 6.04 Å². The van der Waals surface area contributed by atoms with Crippen molar-refractivity contribution in [2.75, 3.05) is 39.8 Å². The number of rotatable bonds is 6. The smallest absolute Gasteiger partial charge is 0.0207 e. The van der Waals surface area contributed by atoms with Crippen molar-refractivity contribution in [3.05, 3.63) is 0 Å². The molecular formula is C11H25N3. The molecule has 1 fully saturated rings. The Labute approximate surface area is 88.2 Å². The van der Waals surface area contributed by atoms with Crippen LogP contribution in [0.1, 0.15) is 26.2 Å². The van der Waals surface area contributed by atoms with Gasteiger partial charge in [0, 0.05) is 25.7 Å². The van der Waals surface area contributed by atoms with E-state index in [-0.39, 0.29) is 0 Å². The molecule has 0 spiro atoms. The van der Waals surface area contributed by atoms with E-state index in [1.807, 2.05) is 0 Å². The van der Waals surface area contributed by atoms with Gasteiger partial charge >= 0.3 is 0 Å². The first-order valence-electron chi connectivity index (χ1n) is 5.95. The lowest BCUT2D eigenvalue weighted by Gasteiger charge is -2.30. The summed E-state index contributed by atoms with van der Waals surface area (Å²) in [4.78, 5) is 2.41. The van der Waals surface area contributed by atoms with Crippen LogP contribution in [0.3, 0.4) is 0 Å². The molecule has 0 saturated carbocycles. The molecule has 1 atom stereocenters. The van der Waals surface area contributed by atoms with Crippen LogP contribution in [0.15, 0.2) is 0 Å². The van der Waals surface area contributed by atoms with Gasteiger partial charge in [-0.15, -0.1) is 0 Å². The summed E-state index contributed by atoms with van der Waals surface area (Å²) in [5.74, 6) is 0. The largest absolute Gasteiger partial charge is 0.317 e. The van der Waals surface area contributed by atoms with Gasteiger partial charge in [0.1, 0.15) is 0 Å². The van der Waals surface area contributed by atoms with Crippen molar-refractivity contribution in [1.29, 1.82) is 0 Å². The minimum Gasteiger partial charge on any atom is -0.317 e. The molecule has 1 aliphatic heterocycles. The van der Waals surface area contributed by atoms with Crippen molar-refractivity contribution in [3.8, 4) is 0 Å². The first kappa shape index (κ1) is 12.0. The Bertz CT molecular complexity index is 138. The van der Waals surface area contributed by atoms with E-state index in [0.717, 1.165) is 13.1 Å². The second kappa shape index (κ2) is 7.21. The fraction of sp³-hybridized carbons (Fsp3) is 1.00. The van der Waals surface area contributed by atoms with Crippen LogP contribution in [0.5, 0.6) is 0 Å². The molecule has 1 heterocycles. The van der Waals surface area contributed by atoms with Gasteiger partial charge in [-0.1, -0.05) is 13.3 Å². The zero-order valence-electron chi connectivity index (χ0n) is 9.68. The lowest BCUT2D eigenvalue weighted by molar-refractivity contribution is 0.231. The van der Waals surface area contributed by atoms with Crippen LogP contribution in [0.25, 0.3) is 0 Å². The van der Waals surface area contributed by atoms with Crippen molar-refractivity contribution in [3.63, 3.8) is 0 Å². The molecule has 84 valence electrons. The normalized spacial score (nSPS) is 24.0. The topological polar surface area (TPSA) is 27.3 Å². The molecule has 1 saturated heterocycles. The molecule has 0 aliphatic carbocycles. The number of likely N-dealkylation sites (N-methyl/N-ethyl adjacent to an activating group) is 1. The van der Waals surface area contributed by atoms with Gasteiger partial charge in [-0.3, -0.25) is 0 Å². The molecule has 3 heteroatoms. The molecule has 3 nitrogen and oxygen atoms in total. The highest BCUT2D eigenvalue weighted by Gasteiger charge is 2.14. The molecule has 2 N–H and O–H groups in total. The van der Waals surface area contributed by atoms with Crippen molar-refractivity contribution < 1.29 is 0 Å². The maximum Gasteiger partial charge on any atom is 0.0207 e. The third kappa shape index (κ3) is 4.94. The molecule has 0 aromatic heterocycles. The Morgan fingerprint density at radius 1 is 1.43 bits per heavy atom. The van der Waals surface area contributed by atoms with Crippen LogP contribution in [0.4, 0.5) is 0 Å². The fourth-order valence-electron chi connectivity index (χ4n) is 1.89. The van der Waals surface area contributed by atoms with Gasteiger partial charge in [0.05, 0.1) is 0 Å². The van der Waals surface area contributed by atoms with Crippen LogP contribution in [-0.2, 0) is 0 Å². The zero-order chi connectivity index (χ0) is 10.2. The summed E-state index contributed by atoms with van der Waals surface area (Å²) in [7, 11) is 2.21. The number of unbranched alkanes of at least 4 members (excludes halogenated alkanes) is 1. The Hall–Kier alpha value is -0.120. The van der Waals surface area contributed by atoms with E-state index in [4.69, 9.17) is 0 Å². The first-order valence-corrected chi connectivity index (χ1v) is 5.95. The van der Waals surface area contributed by atoms with E-state index in [1.165, 1.54) is 38.9 Å². The van der Waals surface area contributed by atoms with Gasteiger partial charge in [0.2, 0.25) is 0 Å². The van der Waals surface area contributed by atoms with Crippen LogP contribution >= 0.6 is 0 Å². The Morgan fingerprint density at radius 2 is 2.29 bits per heavy atom. The summed E-state index contributed by atoms with van der Waals surface area (Å²) in [6.45, 7) is 8.12. The summed E-state index contributed by atoms with van der Waals surface area (Å²) in [6, 6.07) is 0.697. The molecule has 1 unspecified atom stereocenters. The highest BCUT2D eigenvalue weighted by atomic mass is 15.2. The predicted octanol–water partition coefficient (Wildman–Crippen LogP) is 0.670. The molecule has 0 aromatic carbocycles. The van der Waals surface area contributed by atoms with Crippen molar-refractivity contribution in [2.24, 2.45) is 0 Å². The number of piperazine rings is 1. The quantitative estimate of drug-likeness (QED) is 0.616. The molecule has 0 aromatic rings. The zero-order valence-corrected chi connectivity index (χ0v) is 9.68. The lowest BCUT2D eigenvalue weighted by atomic mass is 10.1. The summed E-state index contributed by atoms with van der Waals surface area (Å²) in [5, 5.41) is 7.05.